The van der Waals surface area contributed by atoms with Crippen molar-refractivity contribution in [2.45, 2.75) is 23.3 Å². The maximum absolute atomic E-state index is 14.0. The molecule has 2 heterocycles. The summed E-state index contributed by atoms with van der Waals surface area (Å²) in [7, 11) is 2.58. The maximum Gasteiger partial charge on any atom is 0.356 e. The van der Waals surface area contributed by atoms with Gasteiger partial charge in [-0.25, -0.2) is 14.6 Å². The number of allylic oxidation sites excluding steroid dienone is 1. The third-order valence-electron chi connectivity index (χ3n) is 8.68. The number of hydrogen-bond donors (Lipinski definition) is 0. The van der Waals surface area contributed by atoms with E-state index < -0.39 is 23.4 Å². The SMILES string of the molecule is COC(=O)C1=C(C(=O)OC)C2(c3cc(C#Cc4ccccc4)ccc3-c3ccc(C#Cc4ccc(SC(C)=O)cc4)cc32)C2C=CC=NN12. The molecule has 3 aliphatic rings. The molecule has 0 radical (unpaired) electrons. The van der Waals surface area contributed by atoms with E-state index in [9.17, 15) is 14.4 Å². The number of ether oxygens (including phenoxy) is 2. The molecule has 7 rings (SSSR count). The topological polar surface area (TPSA) is 85.3 Å². The number of methoxy groups -OCH3 is 2. The molecule has 2 unspecified atom stereocenters. The van der Waals surface area contributed by atoms with E-state index in [2.05, 4.69) is 28.8 Å². The Balaban J connectivity index is 1.45. The number of nitrogens with zero attached hydrogens (tertiary/aromatic N) is 2. The third kappa shape index (κ3) is 5.43. The van der Waals surface area contributed by atoms with Gasteiger partial charge in [-0.3, -0.25) is 4.79 Å². The Hall–Kier alpha value is -6.09. The molecule has 8 heteroatoms. The minimum absolute atomic E-state index is 0.0135. The summed E-state index contributed by atoms with van der Waals surface area (Å²) in [6.07, 6.45) is 5.33. The molecule has 4 aromatic carbocycles. The van der Waals surface area contributed by atoms with E-state index in [-0.39, 0.29) is 16.4 Å². The molecule has 0 saturated heterocycles. The highest BCUT2D eigenvalue weighted by molar-refractivity contribution is 8.13. The number of carbonyl (C=O) groups excluding carboxylic acids is 3. The normalized spacial score (nSPS) is 17.7. The fraction of sp³-hybridized carbons (Fsp3) is 0.122. The lowest BCUT2D eigenvalue weighted by atomic mass is 9.67. The molecule has 0 N–H and O–H groups in total. The van der Waals surface area contributed by atoms with E-state index in [0.29, 0.717) is 5.56 Å². The lowest BCUT2D eigenvalue weighted by Gasteiger charge is -2.36. The summed E-state index contributed by atoms with van der Waals surface area (Å²) in [4.78, 5) is 39.8. The summed E-state index contributed by atoms with van der Waals surface area (Å²) in [5.41, 5.74) is 5.40. The molecule has 1 spiro atoms. The second kappa shape index (κ2) is 12.8. The van der Waals surface area contributed by atoms with E-state index in [4.69, 9.17) is 9.47 Å². The number of fused-ring (bicyclic) bond motifs is 7. The van der Waals surface area contributed by atoms with Crippen LogP contribution in [0.2, 0.25) is 0 Å². The number of thioether (sulfide) groups is 1. The quantitative estimate of drug-likeness (QED) is 0.146. The van der Waals surface area contributed by atoms with E-state index in [0.717, 1.165) is 43.8 Å². The third-order valence-corrected chi connectivity index (χ3v) is 9.47. The van der Waals surface area contributed by atoms with Crippen molar-refractivity contribution in [2.75, 3.05) is 14.2 Å². The van der Waals surface area contributed by atoms with Crippen molar-refractivity contribution >= 4 is 35.0 Å². The number of esters is 2. The first kappa shape index (κ1) is 31.5. The molecule has 49 heavy (non-hydrogen) atoms. The smallest absolute Gasteiger partial charge is 0.356 e. The zero-order valence-corrected chi connectivity index (χ0v) is 27.6. The Morgan fingerprint density at radius 1 is 0.735 bits per heavy atom. The van der Waals surface area contributed by atoms with Gasteiger partial charge in [-0.15, -0.1) is 0 Å². The highest BCUT2D eigenvalue weighted by atomic mass is 32.2. The van der Waals surface area contributed by atoms with Gasteiger partial charge in [0.05, 0.1) is 31.2 Å². The van der Waals surface area contributed by atoms with Crippen LogP contribution in [0.5, 0.6) is 0 Å². The molecule has 4 aromatic rings. The van der Waals surface area contributed by atoms with Gasteiger partial charge in [-0.2, -0.15) is 5.10 Å². The van der Waals surface area contributed by atoms with E-state index in [1.165, 1.54) is 32.9 Å². The monoisotopic (exact) mass is 660 g/mol. The van der Waals surface area contributed by atoms with Gasteiger partial charge in [0.2, 0.25) is 0 Å². The van der Waals surface area contributed by atoms with E-state index in [1.54, 1.807) is 11.2 Å². The van der Waals surface area contributed by atoms with Crippen molar-refractivity contribution < 1.29 is 23.9 Å². The zero-order chi connectivity index (χ0) is 34.1. The van der Waals surface area contributed by atoms with Crippen molar-refractivity contribution in [3.05, 3.63) is 148 Å². The number of hydrogen-bond acceptors (Lipinski definition) is 8. The predicted octanol–water partition coefficient (Wildman–Crippen LogP) is 6.23. The number of carbonyl (C=O) groups is 3. The average Bonchev–Trinajstić information content (AvgIpc) is 3.60. The van der Waals surface area contributed by atoms with Gasteiger partial charge in [0, 0.05) is 40.3 Å². The van der Waals surface area contributed by atoms with Crippen molar-refractivity contribution in [3.8, 4) is 34.8 Å². The Kier molecular flexibility index (Phi) is 8.26. The van der Waals surface area contributed by atoms with Gasteiger partial charge in [0.1, 0.15) is 0 Å². The Bertz CT molecular complexity index is 2270. The molecule has 0 bridgehead atoms. The number of hydrazone groups is 1. The number of benzene rings is 4. The van der Waals surface area contributed by atoms with Crippen LogP contribution >= 0.6 is 11.8 Å². The Morgan fingerprint density at radius 3 is 1.86 bits per heavy atom. The number of rotatable bonds is 3. The molecule has 1 aliphatic carbocycles. The summed E-state index contributed by atoms with van der Waals surface area (Å²) in [5, 5.41) is 6.14. The Labute approximate surface area is 288 Å². The van der Waals surface area contributed by atoms with Gasteiger partial charge in [0.25, 0.3) is 0 Å². The molecule has 0 fully saturated rings. The zero-order valence-electron chi connectivity index (χ0n) is 26.8. The van der Waals surface area contributed by atoms with Crippen LogP contribution in [-0.4, -0.2) is 48.5 Å². The van der Waals surface area contributed by atoms with Crippen LogP contribution in [0.4, 0.5) is 0 Å². The summed E-state index contributed by atoms with van der Waals surface area (Å²) in [6, 6.07) is 28.5. The van der Waals surface area contributed by atoms with Gasteiger partial charge >= 0.3 is 11.9 Å². The summed E-state index contributed by atoms with van der Waals surface area (Å²) in [6.45, 7) is 1.53. The van der Waals surface area contributed by atoms with Crippen LogP contribution in [-0.2, 0) is 29.3 Å². The lowest BCUT2D eigenvalue weighted by Crippen LogP contribution is -2.44. The van der Waals surface area contributed by atoms with Crippen molar-refractivity contribution in [1.29, 1.82) is 0 Å². The molecular weight excluding hydrogens is 633 g/mol. The van der Waals surface area contributed by atoms with Crippen LogP contribution in [0.3, 0.4) is 0 Å². The molecule has 7 nitrogen and oxygen atoms in total. The van der Waals surface area contributed by atoms with Crippen LogP contribution in [0.15, 0.2) is 124 Å². The predicted molar refractivity (Wildman–Crippen MR) is 188 cm³/mol. The van der Waals surface area contributed by atoms with Crippen LogP contribution in [0.25, 0.3) is 11.1 Å². The van der Waals surface area contributed by atoms with Crippen LogP contribution in [0.1, 0.15) is 40.3 Å². The van der Waals surface area contributed by atoms with Crippen LogP contribution < -0.4 is 0 Å². The fourth-order valence-electron chi connectivity index (χ4n) is 6.73. The first-order valence-corrected chi connectivity index (χ1v) is 16.2. The molecule has 0 saturated carbocycles. The van der Waals surface area contributed by atoms with Gasteiger partial charge < -0.3 is 9.47 Å². The van der Waals surface area contributed by atoms with E-state index >= 15 is 0 Å². The summed E-state index contributed by atoms with van der Waals surface area (Å²) >= 11 is 1.17. The highest BCUT2D eigenvalue weighted by Gasteiger charge is 2.63. The molecule has 2 aliphatic heterocycles. The first-order valence-electron chi connectivity index (χ1n) is 15.4. The van der Waals surface area contributed by atoms with Crippen molar-refractivity contribution in [2.24, 2.45) is 5.10 Å². The molecular formula is C41H28N2O5S. The largest absolute Gasteiger partial charge is 0.466 e. The molecule has 2 atom stereocenters. The van der Waals surface area contributed by atoms with E-state index in [1.807, 2.05) is 103 Å². The Morgan fingerprint density at radius 2 is 1.29 bits per heavy atom. The minimum atomic E-state index is -1.22. The summed E-state index contributed by atoms with van der Waals surface area (Å²) in [5.74, 6) is 11.6. The highest BCUT2D eigenvalue weighted by Crippen LogP contribution is 2.61. The maximum atomic E-state index is 14.0. The van der Waals surface area contributed by atoms with Crippen molar-refractivity contribution in [1.82, 2.24) is 5.01 Å². The van der Waals surface area contributed by atoms with Gasteiger partial charge in [-0.05, 0) is 89.0 Å². The second-order valence-electron chi connectivity index (χ2n) is 11.5. The van der Waals surface area contributed by atoms with Gasteiger partial charge in [0.15, 0.2) is 10.8 Å². The second-order valence-corrected chi connectivity index (χ2v) is 12.7. The van der Waals surface area contributed by atoms with Crippen molar-refractivity contribution in [3.63, 3.8) is 0 Å². The molecule has 0 aromatic heterocycles. The molecule has 238 valence electrons. The lowest BCUT2D eigenvalue weighted by molar-refractivity contribution is -0.140. The van der Waals surface area contributed by atoms with Crippen LogP contribution in [0, 0.1) is 23.7 Å². The molecule has 0 amide bonds. The summed E-state index contributed by atoms with van der Waals surface area (Å²) < 4.78 is 10.6. The minimum Gasteiger partial charge on any atom is -0.466 e. The fourth-order valence-corrected chi connectivity index (χ4v) is 7.33. The van der Waals surface area contributed by atoms with Gasteiger partial charge in [-0.1, -0.05) is 71.9 Å². The average molecular weight is 661 g/mol. The standard InChI is InChI=1S/C41H28N2O5S/c1-26(44)49-31-19-15-28(16-20-31)12-14-30-18-22-33-32-21-17-29(13-11-27-8-5-4-6-9-27)24-34(32)41(35(33)25-30)36-10-7-23-42-43(36)38(40(46)48-3)37(41)39(45)47-2/h4-10,15-25,36H,1-3H3. The first-order chi connectivity index (χ1) is 23.8.